The lowest BCUT2D eigenvalue weighted by atomic mass is 10.0. The number of hydrogen-bond donors (Lipinski definition) is 1. The lowest BCUT2D eigenvalue weighted by Gasteiger charge is -2.18. The number of aromatic nitrogens is 4. The number of amides is 1. The van der Waals surface area contributed by atoms with Crippen molar-refractivity contribution in [3.05, 3.63) is 76.7 Å². The Labute approximate surface area is 168 Å². The van der Waals surface area contributed by atoms with E-state index < -0.39 is 0 Å². The fourth-order valence-electron chi connectivity index (χ4n) is 3.89. The fourth-order valence-corrected chi connectivity index (χ4v) is 3.89. The third-order valence-electron chi connectivity index (χ3n) is 5.29. The molecule has 4 rings (SSSR count). The van der Waals surface area contributed by atoms with Gasteiger partial charge in [-0.05, 0) is 5.56 Å². The van der Waals surface area contributed by atoms with Gasteiger partial charge in [-0.25, -0.2) is 9.67 Å². The van der Waals surface area contributed by atoms with Gasteiger partial charge in [0.25, 0.3) is 5.56 Å². The smallest absolute Gasteiger partial charge is 0.269 e. The van der Waals surface area contributed by atoms with E-state index in [1.165, 1.54) is 11.6 Å². The van der Waals surface area contributed by atoms with Crippen molar-refractivity contribution in [2.24, 2.45) is 7.05 Å². The highest BCUT2D eigenvalue weighted by molar-refractivity contribution is 5.73. The lowest BCUT2D eigenvalue weighted by molar-refractivity contribution is -0.119. The third kappa shape index (κ3) is 4.06. The fraction of sp³-hybridized carbons (Fsp3) is 0.333. The Balaban J connectivity index is 1.56. The number of carbonyl (C=O) groups is 1. The maximum Gasteiger partial charge on any atom is 0.269 e. The molecule has 1 N–H and O–H groups in total. The standard InChI is InChI=1S/C21H24N6O2/c1-15(28)24-19-14-26(13-18(19)21-22-8-9-25(21)2)17-10-20(29)27(23-11-17)12-16-6-4-3-5-7-16/h3-11,18-19H,12-14H2,1-2H3,(H,24,28)/t18-,19-/m1/s1. The van der Waals surface area contributed by atoms with Crippen LogP contribution in [-0.4, -0.2) is 44.4 Å². The Kier molecular flexibility index (Phi) is 5.16. The number of rotatable bonds is 5. The molecule has 1 aromatic carbocycles. The quantitative estimate of drug-likeness (QED) is 0.704. The highest BCUT2D eigenvalue weighted by Crippen LogP contribution is 2.29. The van der Waals surface area contributed by atoms with Crippen molar-refractivity contribution in [2.75, 3.05) is 18.0 Å². The maximum atomic E-state index is 12.6. The van der Waals surface area contributed by atoms with Crippen molar-refractivity contribution in [3.8, 4) is 0 Å². The number of hydrogen-bond acceptors (Lipinski definition) is 5. The van der Waals surface area contributed by atoms with Gasteiger partial charge in [0.1, 0.15) is 5.82 Å². The molecule has 1 fully saturated rings. The minimum atomic E-state index is -0.150. The molecule has 0 radical (unpaired) electrons. The first-order chi connectivity index (χ1) is 14.0. The van der Waals surface area contributed by atoms with E-state index in [-0.39, 0.29) is 23.4 Å². The summed E-state index contributed by atoms with van der Waals surface area (Å²) in [6.45, 7) is 3.20. The van der Waals surface area contributed by atoms with Gasteiger partial charge in [0.05, 0.1) is 30.4 Å². The molecule has 0 spiro atoms. The second kappa shape index (κ2) is 7.90. The Bertz CT molecular complexity index is 1060. The van der Waals surface area contributed by atoms with Crippen LogP contribution in [0, 0.1) is 0 Å². The van der Waals surface area contributed by atoms with E-state index in [2.05, 4.69) is 20.3 Å². The van der Waals surface area contributed by atoms with Gasteiger partial charge in [0, 0.05) is 45.5 Å². The summed E-state index contributed by atoms with van der Waals surface area (Å²) < 4.78 is 3.43. The number of benzene rings is 1. The molecule has 1 amide bonds. The summed E-state index contributed by atoms with van der Waals surface area (Å²) in [6.07, 6.45) is 5.38. The summed E-state index contributed by atoms with van der Waals surface area (Å²) in [7, 11) is 1.95. The van der Waals surface area contributed by atoms with Gasteiger partial charge in [0.15, 0.2) is 0 Å². The second-order valence-electron chi connectivity index (χ2n) is 7.41. The SMILES string of the molecule is CC(=O)N[C@@H]1CN(c2cnn(Cc3ccccc3)c(=O)c2)C[C@H]1c1nccn1C. The summed E-state index contributed by atoms with van der Waals surface area (Å²) in [5.74, 6) is 0.870. The topological polar surface area (TPSA) is 85.1 Å². The van der Waals surface area contributed by atoms with Crippen LogP contribution in [-0.2, 0) is 18.4 Å². The van der Waals surface area contributed by atoms with Crippen molar-refractivity contribution in [3.63, 3.8) is 0 Å². The Hall–Kier alpha value is -3.42. The third-order valence-corrected chi connectivity index (χ3v) is 5.29. The van der Waals surface area contributed by atoms with Gasteiger partial charge in [-0.3, -0.25) is 9.59 Å². The zero-order valence-corrected chi connectivity index (χ0v) is 16.5. The first kappa shape index (κ1) is 18.9. The van der Waals surface area contributed by atoms with Crippen LogP contribution >= 0.6 is 0 Å². The van der Waals surface area contributed by atoms with E-state index in [4.69, 9.17) is 0 Å². The van der Waals surface area contributed by atoms with Crippen molar-refractivity contribution in [1.29, 1.82) is 0 Å². The molecule has 3 aromatic rings. The van der Waals surface area contributed by atoms with Crippen LogP contribution in [0.25, 0.3) is 0 Å². The van der Waals surface area contributed by atoms with Crippen LogP contribution in [0.5, 0.6) is 0 Å². The Morgan fingerprint density at radius 2 is 2.03 bits per heavy atom. The number of anilines is 1. The average Bonchev–Trinajstić information content (AvgIpc) is 3.29. The predicted molar refractivity (Wildman–Crippen MR) is 110 cm³/mol. The molecule has 0 unspecified atom stereocenters. The first-order valence-corrected chi connectivity index (χ1v) is 9.61. The van der Waals surface area contributed by atoms with Crippen LogP contribution in [0.3, 0.4) is 0 Å². The van der Waals surface area contributed by atoms with Gasteiger partial charge in [-0.2, -0.15) is 5.10 Å². The summed E-state index contributed by atoms with van der Waals surface area (Å²) in [5.41, 5.74) is 1.63. The van der Waals surface area contributed by atoms with Crippen molar-refractivity contribution in [2.45, 2.75) is 25.4 Å². The average molecular weight is 392 g/mol. The summed E-state index contributed by atoms with van der Waals surface area (Å²) >= 11 is 0. The molecule has 1 aliphatic heterocycles. The normalized spacial score (nSPS) is 18.8. The van der Waals surface area contributed by atoms with Gasteiger partial charge in [-0.15, -0.1) is 0 Å². The number of nitrogens with one attached hydrogen (secondary N) is 1. The molecule has 0 aliphatic carbocycles. The molecule has 2 aromatic heterocycles. The first-order valence-electron chi connectivity index (χ1n) is 9.61. The summed E-state index contributed by atoms with van der Waals surface area (Å²) in [4.78, 5) is 30.9. The largest absolute Gasteiger partial charge is 0.367 e. The van der Waals surface area contributed by atoms with E-state index in [9.17, 15) is 9.59 Å². The monoisotopic (exact) mass is 392 g/mol. The van der Waals surface area contributed by atoms with E-state index in [1.54, 1.807) is 18.5 Å². The van der Waals surface area contributed by atoms with Gasteiger partial charge in [0.2, 0.25) is 5.91 Å². The maximum absolute atomic E-state index is 12.6. The molecule has 0 bridgehead atoms. The highest BCUT2D eigenvalue weighted by atomic mass is 16.1. The zero-order chi connectivity index (χ0) is 20.4. The molecule has 8 heteroatoms. The van der Waals surface area contributed by atoms with Crippen LogP contribution < -0.4 is 15.8 Å². The van der Waals surface area contributed by atoms with E-state index in [1.807, 2.05) is 48.1 Å². The van der Waals surface area contributed by atoms with Crippen LogP contribution in [0.2, 0.25) is 0 Å². The van der Waals surface area contributed by atoms with Crippen molar-refractivity contribution < 1.29 is 4.79 Å². The zero-order valence-electron chi connectivity index (χ0n) is 16.5. The molecule has 3 heterocycles. The van der Waals surface area contributed by atoms with Gasteiger partial charge >= 0.3 is 0 Å². The van der Waals surface area contributed by atoms with Crippen LogP contribution in [0.4, 0.5) is 5.69 Å². The molecule has 150 valence electrons. The Morgan fingerprint density at radius 1 is 1.24 bits per heavy atom. The summed E-state index contributed by atoms with van der Waals surface area (Å²) in [6, 6.07) is 11.3. The van der Waals surface area contributed by atoms with Crippen molar-refractivity contribution >= 4 is 11.6 Å². The molecular formula is C21H24N6O2. The molecule has 0 saturated carbocycles. The van der Waals surface area contributed by atoms with Crippen LogP contribution in [0.15, 0.2) is 59.8 Å². The molecule has 1 saturated heterocycles. The highest BCUT2D eigenvalue weighted by Gasteiger charge is 2.37. The Morgan fingerprint density at radius 3 is 2.69 bits per heavy atom. The van der Waals surface area contributed by atoms with Gasteiger partial charge in [-0.1, -0.05) is 30.3 Å². The molecular weight excluding hydrogens is 368 g/mol. The van der Waals surface area contributed by atoms with Crippen molar-refractivity contribution in [1.82, 2.24) is 24.6 Å². The molecule has 1 aliphatic rings. The molecule has 2 atom stereocenters. The minimum Gasteiger partial charge on any atom is -0.367 e. The molecule has 29 heavy (non-hydrogen) atoms. The number of imidazole rings is 1. The van der Waals surface area contributed by atoms with E-state index in [0.29, 0.717) is 19.6 Å². The number of nitrogens with zero attached hydrogens (tertiary/aromatic N) is 5. The van der Waals surface area contributed by atoms with Crippen LogP contribution in [0.1, 0.15) is 24.2 Å². The van der Waals surface area contributed by atoms with E-state index >= 15 is 0 Å². The molecule has 8 nitrogen and oxygen atoms in total. The summed E-state index contributed by atoms with van der Waals surface area (Å²) in [5, 5.41) is 7.39. The minimum absolute atomic E-state index is 0.0330. The number of aryl methyl sites for hydroxylation is 1. The van der Waals surface area contributed by atoms with E-state index in [0.717, 1.165) is 17.1 Å². The number of carbonyl (C=O) groups excluding carboxylic acids is 1. The predicted octanol–water partition coefficient (Wildman–Crippen LogP) is 1.13. The van der Waals surface area contributed by atoms with Gasteiger partial charge < -0.3 is 14.8 Å². The second-order valence-corrected chi connectivity index (χ2v) is 7.41. The lowest BCUT2D eigenvalue weighted by Crippen LogP contribution is -2.39.